The van der Waals surface area contributed by atoms with Crippen molar-refractivity contribution in [3.8, 4) is 5.75 Å². The minimum absolute atomic E-state index is 0.0295. The molecule has 0 radical (unpaired) electrons. The van der Waals surface area contributed by atoms with Crippen molar-refractivity contribution in [2.24, 2.45) is 5.41 Å². The molecule has 3 aromatic carbocycles. The van der Waals surface area contributed by atoms with E-state index in [1.165, 1.54) is 12.1 Å². The van der Waals surface area contributed by atoms with Crippen LogP contribution in [0.2, 0.25) is 0 Å². The van der Waals surface area contributed by atoms with E-state index in [1.54, 1.807) is 55.5 Å². The highest BCUT2D eigenvalue weighted by Gasteiger charge is 2.60. The quantitative estimate of drug-likeness (QED) is 0.244. The number of Topliss-reactive ketones (excluding diaryl/α,β-unsaturated/α-hetero) is 1. The van der Waals surface area contributed by atoms with Gasteiger partial charge in [-0.1, -0.05) is 48.5 Å². The van der Waals surface area contributed by atoms with Gasteiger partial charge < -0.3 is 9.47 Å². The molecule has 5 nitrogen and oxygen atoms in total. The van der Waals surface area contributed by atoms with Crippen LogP contribution in [0.15, 0.2) is 78.9 Å². The van der Waals surface area contributed by atoms with E-state index in [9.17, 15) is 18.8 Å². The molecule has 6 heteroatoms. The Balaban J connectivity index is 1.91. The number of halogens is 1. The Morgan fingerprint density at radius 3 is 2.31 bits per heavy atom. The van der Waals surface area contributed by atoms with E-state index in [2.05, 4.69) is 0 Å². The maximum Gasteiger partial charge on any atom is 0.330 e. The van der Waals surface area contributed by atoms with E-state index in [4.69, 9.17) is 9.47 Å². The van der Waals surface area contributed by atoms with Crippen molar-refractivity contribution < 1.29 is 28.2 Å². The molecule has 0 amide bonds. The van der Waals surface area contributed by atoms with E-state index >= 15 is 0 Å². The lowest BCUT2D eigenvalue weighted by molar-refractivity contribution is -0.169. The fourth-order valence-corrected chi connectivity index (χ4v) is 4.19. The van der Waals surface area contributed by atoms with E-state index in [0.29, 0.717) is 16.9 Å². The first kappa shape index (κ1) is 21.4. The van der Waals surface area contributed by atoms with Crippen LogP contribution in [-0.4, -0.2) is 24.3 Å². The predicted molar refractivity (Wildman–Crippen MR) is 115 cm³/mol. The van der Waals surface area contributed by atoms with E-state index < -0.39 is 41.3 Å². The standard InChI is InChI=1S/C26H21FO5/c1-2-31-24(29)26(16-21(28)17-12-14-19(27)15-13-17)23(18-8-4-3-5-9-18)20-10-6-7-11-22(20)32-25(26)30/h3-15,23H,2,16H2,1H3/t23?,26-/m0/s1. The van der Waals surface area contributed by atoms with Gasteiger partial charge in [0.25, 0.3) is 0 Å². The molecule has 0 saturated carbocycles. The maximum absolute atomic E-state index is 13.5. The number of benzene rings is 3. The molecule has 32 heavy (non-hydrogen) atoms. The fraction of sp³-hybridized carbons (Fsp3) is 0.192. The molecule has 0 fully saturated rings. The predicted octanol–water partition coefficient (Wildman–Crippen LogP) is 4.70. The highest BCUT2D eigenvalue weighted by Crippen LogP contribution is 2.52. The average molecular weight is 432 g/mol. The van der Waals surface area contributed by atoms with Crippen molar-refractivity contribution in [2.45, 2.75) is 19.3 Å². The summed E-state index contributed by atoms with van der Waals surface area (Å²) < 4.78 is 24.3. The van der Waals surface area contributed by atoms with Crippen molar-refractivity contribution >= 4 is 17.7 Å². The molecule has 1 aliphatic rings. The molecule has 162 valence electrons. The van der Waals surface area contributed by atoms with Gasteiger partial charge in [-0.15, -0.1) is 0 Å². The summed E-state index contributed by atoms with van der Waals surface area (Å²) in [6, 6.07) is 21.0. The Morgan fingerprint density at radius 2 is 1.62 bits per heavy atom. The molecular formula is C26H21FO5. The zero-order chi connectivity index (χ0) is 22.7. The molecule has 0 aliphatic carbocycles. The lowest BCUT2D eigenvalue weighted by Gasteiger charge is -2.40. The van der Waals surface area contributed by atoms with Crippen molar-refractivity contribution in [3.05, 3.63) is 101 Å². The van der Waals surface area contributed by atoms with Crippen molar-refractivity contribution in [3.63, 3.8) is 0 Å². The number of fused-ring (bicyclic) bond motifs is 1. The second-order valence-corrected chi connectivity index (χ2v) is 7.57. The largest absolute Gasteiger partial charge is 0.465 e. The zero-order valence-electron chi connectivity index (χ0n) is 17.4. The lowest BCUT2D eigenvalue weighted by atomic mass is 9.64. The van der Waals surface area contributed by atoms with Crippen LogP contribution >= 0.6 is 0 Å². The minimum Gasteiger partial charge on any atom is -0.465 e. The maximum atomic E-state index is 13.5. The molecule has 0 spiro atoms. The van der Waals surface area contributed by atoms with Gasteiger partial charge in [0.1, 0.15) is 11.6 Å². The number of esters is 2. The topological polar surface area (TPSA) is 69.7 Å². The number of rotatable bonds is 6. The highest BCUT2D eigenvalue weighted by atomic mass is 19.1. The Bertz CT molecular complexity index is 1160. The number of hydrogen-bond acceptors (Lipinski definition) is 5. The number of carbonyl (C=O) groups is 3. The first-order valence-electron chi connectivity index (χ1n) is 10.3. The highest BCUT2D eigenvalue weighted by molar-refractivity contribution is 6.10. The molecular weight excluding hydrogens is 411 g/mol. The Hall–Kier alpha value is -3.80. The summed E-state index contributed by atoms with van der Waals surface area (Å²) in [5.74, 6) is -3.13. The molecule has 0 aromatic heterocycles. The number of ether oxygens (including phenoxy) is 2. The van der Waals surface area contributed by atoms with Crippen LogP contribution < -0.4 is 4.74 Å². The van der Waals surface area contributed by atoms with E-state index in [0.717, 1.165) is 12.1 Å². The molecule has 1 unspecified atom stereocenters. The van der Waals surface area contributed by atoms with Gasteiger partial charge in [-0.25, -0.2) is 4.39 Å². The summed E-state index contributed by atoms with van der Waals surface area (Å²) in [5, 5.41) is 0. The lowest BCUT2D eigenvalue weighted by Crippen LogP contribution is -2.52. The zero-order valence-corrected chi connectivity index (χ0v) is 17.4. The van der Waals surface area contributed by atoms with E-state index in [1.807, 2.05) is 6.07 Å². The number of carbonyl (C=O) groups excluding carboxylic acids is 3. The molecule has 3 aromatic rings. The van der Waals surface area contributed by atoms with E-state index in [-0.39, 0.29) is 12.2 Å². The van der Waals surface area contributed by atoms with Gasteiger partial charge in [0.15, 0.2) is 11.2 Å². The first-order valence-corrected chi connectivity index (χ1v) is 10.3. The first-order chi connectivity index (χ1) is 15.5. The van der Waals surface area contributed by atoms with Crippen LogP contribution in [0.1, 0.15) is 40.7 Å². The Morgan fingerprint density at radius 1 is 0.969 bits per heavy atom. The third-order valence-electron chi connectivity index (χ3n) is 5.67. The Labute approximate surface area is 184 Å². The van der Waals surface area contributed by atoms with Crippen LogP contribution in [0.4, 0.5) is 4.39 Å². The second-order valence-electron chi connectivity index (χ2n) is 7.57. The molecule has 4 rings (SSSR count). The molecule has 0 N–H and O–H groups in total. The summed E-state index contributed by atoms with van der Waals surface area (Å²) in [7, 11) is 0. The summed E-state index contributed by atoms with van der Waals surface area (Å²) in [4.78, 5) is 40.1. The number of para-hydroxylation sites is 1. The summed E-state index contributed by atoms with van der Waals surface area (Å²) in [6.07, 6.45) is -0.482. The molecule has 1 aliphatic heterocycles. The van der Waals surface area contributed by atoms with Crippen molar-refractivity contribution in [1.82, 2.24) is 0 Å². The Kier molecular flexibility index (Phi) is 5.86. The third-order valence-corrected chi connectivity index (χ3v) is 5.67. The van der Waals surface area contributed by atoms with Gasteiger partial charge in [-0.05, 0) is 42.8 Å². The minimum atomic E-state index is -1.93. The van der Waals surface area contributed by atoms with Crippen LogP contribution in [0.3, 0.4) is 0 Å². The average Bonchev–Trinajstić information content (AvgIpc) is 2.80. The summed E-state index contributed by atoms with van der Waals surface area (Å²) in [5.41, 5.74) is -0.458. The molecule has 0 bridgehead atoms. The fourth-order valence-electron chi connectivity index (χ4n) is 4.19. The van der Waals surface area contributed by atoms with Gasteiger partial charge >= 0.3 is 11.9 Å². The monoisotopic (exact) mass is 432 g/mol. The number of hydrogen-bond donors (Lipinski definition) is 0. The van der Waals surface area contributed by atoms with Gasteiger partial charge in [-0.2, -0.15) is 0 Å². The SMILES string of the molecule is CCOC(=O)[C@@]1(CC(=O)c2ccc(F)cc2)C(=O)Oc2ccccc2C1c1ccccc1. The molecule has 0 saturated heterocycles. The second kappa shape index (κ2) is 8.75. The molecule has 1 heterocycles. The van der Waals surface area contributed by atoms with Crippen LogP contribution in [0.25, 0.3) is 0 Å². The van der Waals surface area contributed by atoms with Crippen LogP contribution in [-0.2, 0) is 14.3 Å². The van der Waals surface area contributed by atoms with Gasteiger partial charge in [0, 0.05) is 23.5 Å². The number of ketones is 1. The normalized spacial score (nSPS) is 19.6. The van der Waals surface area contributed by atoms with Crippen LogP contribution in [0.5, 0.6) is 5.75 Å². The van der Waals surface area contributed by atoms with Crippen molar-refractivity contribution in [1.29, 1.82) is 0 Å². The smallest absolute Gasteiger partial charge is 0.330 e. The van der Waals surface area contributed by atoms with Crippen molar-refractivity contribution in [2.75, 3.05) is 6.61 Å². The molecule has 2 atom stereocenters. The summed E-state index contributed by atoms with van der Waals surface area (Å²) in [6.45, 7) is 1.66. The van der Waals surface area contributed by atoms with Gasteiger partial charge in [-0.3, -0.25) is 14.4 Å². The van der Waals surface area contributed by atoms with Gasteiger partial charge in [0.05, 0.1) is 6.61 Å². The van der Waals surface area contributed by atoms with Crippen LogP contribution in [0, 0.1) is 11.2 Å². The van der Waals surface area contributed by atoms with Gasteiger partial charge in [0.2, 0.25) is 0 Å². The summed E-state index contributed by atoms with van der Waals surface area (Å²) >= 11 is 0. The third kappa shape index (κ3) is 3.68.